The lowest BCUT2D eigenvalue weighted by atomic mass is 10.2. The van der Waals surface area contributed by atoms with Crippen LogP contribution in [-0.2, 0) is 0 Å². The zero-order valence-electron chi connectivity index (χ0n) is 13.0. The van der Waals surface area contributed by atoms with E-state index in [4.69, 9.17) is 8.94 Å². The van der Waals surface area contributed by atoms with E-state index in [2.05, 4.69) is 35.4 Å². The molecule has 1 N–H and O–H groups in total. The van der Waals surface area contributed by atoms with E-state index in [9.17, 15) is 0 Å². The van der Waals surface area contributed by atoms with Gasteiger partial charge in [0.25, 0.3) is 5.71 Å². The van der Waals surface area contributed by atoms with Crippen molar-refractivity contribution in [3.05, 3.63) is 42.6 Å². The molecule has 0 amide bonds. The van der Waals surface area contributed by atoms with Crippen LogP contribution in [0.2, 0.25) is 0 Å². The van der Waals surface area contributed by atoms with Crippen LogP contribution in [0.3, 0.4) is 0 Å². The number of aryl methyl sites for hydroxylation is 1. The van der Waals surface area contributed by atoms with Gasteiger partial charge in [-0.05, 0) is 19.1 Å². The van der Waals surface area contributed by atoms with Gasteiger partial charge in [-0.25, -0.2) is 9.97 Å². The fourth-order valence-electron chi connectivity index (χ4n) is 2.26. The molecule has 0 aromatic carbocycles. The average Bonchev–Trinajstić information content (AvgIpc) is 3.22. The van der Waals surface area contributed by atoms with Crippen LogP contribution in [0, 0.1) is 6.92 Å². The molecule has 1 unspecified atom stereocenters. The Morgan fingerprint density at radius 1 is 1.12 bits per heavy atom. The summed E-state index contributed by atoms with van der Waals surface area (Å²) in [5, 5.41) is 7.19. The normalized spacial score (nSPS) is 12.4. The summed E-state index contributed by atoms with van der Waals surface area (Å²) in [5.41, 5.74) is 1.83. The van der Waals surface area contributed by atoms with Crippen LogP contribution in [0.15, 0.2) is 39.8 Å². The molecule has 0 radical (unpaired) electrons. The van der Waals surface area contributed by atoms with Gasteiger partial charge in [0.05, 0.1) is 0 Å². The largest absolute Gasteiger partial charge is 0.422 e. The Labute approximate surface area is 136 Å². The summed E-state index contributed by atoms with van der Waals surface area (Å²) >= 11 is 0. The smallest absolute Gasteiger partial charge is 0.252 e. The second-order valence-corrected chi connectivity index (χ2v) is 5.17. The minimum atomic E-state index is -0.261. The van der Waals surface area contributed by atoms with Crippen molar-refractivity contribution in [2.45, 2.75) is 19.9 Å². The summed E-state index contributed by atoms with van der Waals surface area (Å²) in [5.74, 6) is 2.02. The van der Waals surface area contributed by atoms with Gasteiger partial charge in [0.2, 0.25) is 11.7 Å². The molecule has 0 aliphatic rings. The first kappa shape index (κ1) is 14.2. The molecule has 1 atom stereocenters. The Balaban J connectivity index is 1.60. The molecular formula is C15H13N7O2. The van der Waals surface area contributed by atoms with Crippen LogP contribution >= 0.6 is 0 Å². The fourth-order valence-corrected chi connectivity index (χ4v) is 2.26. The summed E-state index contributed by atoms with van der Waals surface area (Å²) < 4.78 is 10.7. The van der Waals surface area contributed by atoms with E-state index in [-0.39, 0.29) is 6.04 Å². The highest BCUT2D eigenvalue weighted by Crippen LogP contribution is 2.24. The minimum Gasteiger partial charge on any atom is -0.422 e. The number of hydrogen-bond donors (Lipinski definition) is 1. The quantitative estimate of drug-likeness (QED) is 0.604. The molecule has 4 aromatic rings. The van der Waals surface area contributed by atoms with E-state index >= 15 is 0 Å². The van der Waals surface area contributed by atoms with Gasteiger partial charge in [-0.2, -0.15) is 9.97 Å². The van der Waals surface area contributed by atoms with Crippen molar-refractivity contribution in [3.63, 3.8) is 0 Å². The van der Waals surface area contributed by atoms with Crippen molar-refractivity contribution < 1.29 is 8.94 Å². The van der Waals surface area contributed by atoms with Gasteiger partial charge in [-0.3, -0.25) is 4.98 Å². The average molecular weight is 323 g/mol. The molecule has 0 saturated carbocycles. The lowest BCUT2D eigenvalue weighted by Gasteiger charge is -2.09. The van der Waals surface area contributed by atoms with E-state index < -0.39 is 0 Å². The molecule has 9 heteroatoms. The zero-order chi connectivity index (χ0) is 16.5. The molecule has 4 rings (SSSR count). The van der Waals surface area contributed by atoms with Crippen LogP contribution in [0.4, 0.5) is 5.82 Å². The van der Waals surface area contributed by atoms with Gasteiger partial charge in [0, 0.05) is 24.9 Å². The molecule has 9 nitrogen and oxygen atoms in total. The Morgan fingerprint density at radius 3 is 2.79 bits per heavy atom. The second-order valence-electron chi connectivity index (χ2n) is 5.17. The van der Waals surface area contributed by atoms with Crippen molar-refractivity contribution in [3.8, 4) is 11.4 Å². The third kappa shape index (κ3) is 2.56. The summed E-state index contributed by atoms with van der Waals surface area (Å²) in [6.07, 6.45) is 4.77. The first-order valence-electron chi connectivity index (χ1n) is 7.29. The maximum Gasteiger partial charge on any atom is 0.252 e. The first-order chi connectivity index (χ1) is 11.7. The third-order valence-corrected chi connectivity index (χ3v) is 3.41. The lowest BCUT2D eigenvalue weighted by molar-refractivity contribution is 0.368. The molecule has 0 fully saturated rings. The Bertz CT molecular complexity index is 980. The molecule has 4 aromatic heterocycles. The van der Waals surface area contributed by atoms with Gasteiger partial charge in [0.15, 0.2) is 17.2 Å². The van der Waals surface area contributed by atoms with E-state index in [0.717, 1.165) is 5.56 Å². The number of nitrogens with one attached hydrogen (secondary N) is 1. The molecule has 24 heavy (non-hydrogen) atoms. The van der Waals surface area contributed by atoms with Gasteiger partial charge in [0.1, 0.15) is 12.4 Å². The van der Waals surface area contributed by atoms with E-state index in [1.807, 2.05) is 19.1 Å². The van der Waals surface area contributed by atoms with Crippen molar-refractivity contribution in [1.29, 1.82) is 0 Å². The molecule has 4 heterocycles. The standard InChI is InChI=1S/C15H13N7O2/c1-8(14-21-12(22-24-14)10-3-5-16-6-4-10)19-13-11-15(18-7-17-13)23-9(2)20-11/h3-8H,1-2H3,(H,17,18,19). The third-order valence-electron chi connectivity index (χ3n) is 3.41. The van der Waals surface area contributed by atoms with Gasteiger partial charge in [-0.15, -0.1) is 0 Å². The SMILES string of the molecule is Cc1nc2c(NC(C)c3nc(-c4ccncc4)no3)ncnc2o1. The number of fused-ring (bicyclic) bond motifs is 1. The predicted molar refractivity (Wildman–Crippen MR) is 83.9 cm³/mol. The number of hydrogen-bond acceptors (Lipinski definition) is 9. The molecule has 0 saturated heterocycles. The highest BCUT2D eigenvalue weighted by atomic mass is 16.5. The first-order valence-corrected chi connectivity index (χ1v) is 7.29. The summed E-state index contributed by atoms with van der Waals surface area (Å²) in [7, 11) is 0. The van der Waals surface area contributed by atoms with Crippen LogP contribution in [-0.4, -0.2) is 30.1 Å². The highest BCUT2D eigenvalue weighted by Gasteiger charge is 2.18. The minimum absolute atomic E-state index is 0.261. The van der Waals surface area contributed by atoms with Crippen LogP contribution in [0.1, 0.15) is 24.7 Å². The van der Waals surface area contributed by atoms with Gasteiger partial charge < -0.3 is 14.3 Å². The molecular weight excluding hydrogens is 310 g/mol. The number of rotatable bonds is 4. The summed E-state index contributed by atoms with van der Waals surface area (Å²) in [6, 6.07) is 3.38. The highest BCUT2D eigenvalue weighted by molar-refractivity contribution is 5.81. The van der Waals surface area contributed by atoms with Crippen molar-refractivity contribution in [1.82, 2.24) is 30.1 Å². The topological polar surface area (TPSA) is 116 Å². The number of aromatic nitrogens is 6. The van der Waals surface area contributed by atoms with Crippen molar-refractivity contribution >= 4 is 17.0 Å². The number of nitrogens with zero attached hydrogens (tertiary/aromatic N) is 6. The molecule has 0 aliphatic carbocycles. The summed E-state index contributed by atoms with van der Waals surface area (Å²) in [4.78, 5) is 20.9. The van der Waals surface area contributed by atoms with E-state index in [1.165, 1.54) is 6.33 Å². The maximum absolute atomic E-state index is 5.40. The van der Waals surface area contributed by atoms with Gasteiger partial charge >= 0.3 is 0 Å². The lowest BCUT2D eigenvalue weighted by Crippen LogP contribution is -2.09. The summed E-state index contributed by atoms with van der Waals surface area (Å²) in [6.45, 7) is 3.65. The van der Waals surface area contributed by atoms with Gasteiger partial charge in [-0.1, -0.05) is 5.16 Å². The van der Waals surface area contributed by atoms with Crippen LogP contribution in [0.5, 0.6) is 0 Å². The second kappa shape index (κ2) is 5.69. The van der Waals surface area contributed by atoms with Crippen LogP contribution in [0.25, 0.3) is 22.6 Å². The Hall–Kier alpha value is -3.36. The zero-order valence-corrected chi connectivity index (χ0v) is 13.0. The molecule has 0 aliphatic heterocycles. The van der Waals surface area contributed by atoms with Crippen molar-refractivity contribution in [2.24, 2.45) is 0 Å². The Kier molecular flexibility index (Phi) is 3.38. The number of oxazole rings is 1. The number of anilines is 1. The molecule has 120 valence electrons. The fraction of sp³-hybridized carbons (Fsp3) is 0.200. The molecule has 0 spiro atoms. The number of pyridine rings is 1. The predicted octanol–water partition coefficient (Wildman–Crippen LogP) is 2.54. The van der Waals surface area contributed by atoms with Crippen molar-refractivity contribution in [2.75, 3.05) is 5.32 Å². The van der Waals surface area contributed by atoms with Crippen LogP contribution < -0.4 is 5.32 Å². The Morgan fingerprint density at radius 2 is 1.96 bits per heavy atom. The monoisotopic (exact) mass is 323 g/mol. The maximum atomic E-state index is 5.40. The van der Waals surface area contributed by atoms with E-state index in [1.54, 1.807) is 19.3 Å². The van der Waals surface area contributed by atoms with E-state index in [0.29, 0.717) is 34.7 Å². The molecule has 0 bridgehead atoms.